The average Bonchev–Trinajstić information content (AvgIpc) is 3.08. The Morgan fingerprint density at radius 1 is 1.07 bits per heavy atom. The van der Waals surface area contributed by atoms with Crippen molar-refractivity contribution in [3.63, 3.8) is 0 Å². The topological polar surface area (TPSA) is 64.0 Å². The number of aryl methyl sites for hydroxylation is 1. The van der Waals surface area contributed by atoms with E-state index in [0.29, 0.717) is 16.8 Å². The first-order valence-electron chi connectivity index (χ1n) is 8.90. The zero-order valence-corrected chi connectivity index (χ0v) is 15.5. The number of rotatable bonds is 6. The first-order chi connectivity index (χ1) is 13.2. The van der Waals surface area contributed by atoms with E-state index in [0.717, 1.165) is 22.9 Å². The Hall–Kier alpha value is -2.99. The van der Waals surface area contributed by atoms with Crippen LogP contribution in [0.4, 0.5) is 0 Å². The highest BCUT2D eigenvalue weighted by Gasteiger charge is 2.12. The smallest absolute Gasteiger partial charge is 0.271 e. The highest BCUT2D eigenvalue weighted by Crippen LogP contribution is 2.29. The van der Waals surface area contributed by atoms with Gasteiger partial charge in [0.15, 0.2) is 0 Å². The molecule has 1 amide bonds. The summed E-state index contributed by atoms with van der Waals surface area (Å²) in [6, 6.07) is 18.0. The summed E-state index contributed by atoms with van der Waals surface area (Å²) >= 11 is 1.42. The van der Waals surface area contributed by atoms with Gasteiger partial charge in [-0.15, -0.1) is 11.3 Å². The van der Waals surface area contributed by atoms with Gasteiger partial charge in [-0.1, -0.05) is 48.5 Å². The maximum absolute atomic E-state index is 12.7. The van der Waals surface area contributed by atoms with Gasteiger partial charge in [-0.25, -0.2) is 4.98 Å². The van der Waals surface area contributed by atoms with E-state index in [1.54, 1.807) is 0 Å². The Labute approximate surface area is 160 Å². The lowest BCUT2D eigenvalue weighted by molar-refractivity contribution is -0.121. The van der Waals surface area contributed by atoms with E-state index in [4.69, 9.17) is 0 Å². The first kappa shape index (κ1) is 17.4. The predicted octanol–water partition coefficient (Wildman–Crippen LogP) is 3.36. The van der Waals surface area contributed by atoms with Crippen LogP contribution in [0.15, 0.2) is 65.7 Å². The molecule has 5 nitrogen and oxygen atoms in total. The number of nitrogens with zero attached hydrogens (tertiary/aromatic N) is 2. The molecule has 0 radical (unpaired) electrons. The summed E-state index contributed by atoms with van der Waals surface area (Å²) in [7, 11) is 0. The number of thiophene rings is 1. The van der Waals surface area contributed by atoms with Gasteiger partial charge in [-0.05, 0) is 24.5 Å². The summed E-state index contributed by atoms with van der Waals surface area (Å²) in [5.41, 5.74) is 1.79. The van der Waals surface area contributed by atoms with Gasteiger partial charge in [0.05, 0.1) is 11.8 Å². The Kier molecular flexibility index (Phi) is 4.98. The number of amides is 1. The number of nitrogens with one attached hydrogen (secondary N) is 1. The number of carbonyl (C=O) groups is 1. The molecule has 0 saturated heterocycles. The number of aromatic nitrogens is 2. The molecular formula is C21H19N3O2S. The molecule has 6 heteroatoms. The summed E-state index contributed by atoms with van der Waals surface area (Å²) in [6.45, 7) is 0.572. The maximum atomic E-state index is 12.7. The van der Waals surface area contributed by atoms with Crippen molar-refractivity contribution in [2.45, 2.75) is 19.4 Å². The van der Waals surface area contributed by atoms with Crippen molar-refractivity contribution in [3.8, 4) is 0 Å². The van der Waals surface area contributed by atoms with E-state index >= 15 is 0 Å². The fraction of sp³-hybridized carbons (Fsp3) is 0.190. The zero-order chi connectivity index (χ0) is 18.6. The monoisotopic (exact) mass is 377 g/mol. The van der Waals surface area contributed by atoms with E-state index in [-0.39, 0.29) is 18.0 Å². The second-order valence-electron chi connectivity index (χ2n) is 6.39. The van der Waals surface area contributed by atoms with Crippen LogP contribution < -0.4 is 10.9 Å². The maximum Gasteiger partial charge on any atom is 0.271 e. The van der Waals surface area contributed by atoms with Crippen molar-refractivity contribution in [3.05, 3.63) is 76.8 Å². The summed E-state index contributed by atoms with van der Waals surface area (Å²) < 4.78 is 3.00. The van der Waals surface area contributed by atoms with Gasteiger partial charge < -0.3 is 5.32 Å². The molecule has 1 N–H and O–H groups in total. The Balaban J connectivity index is 1.40. The lowest BCUT2D eigenvalue weighted by Crippen LogP contribution is -2.32. The molecule has 4 rings (SSSR count). The molecule has 0 bridgehead atoms. The Morgan fingerprint density at radius 3 is 2.70 bits per heavy atom. The molecule has 27 heavy (non-hydrogen) atoms. The van der Waals surface area contributed by atoms with Crippen molar-refractivity contribution in [2.75, 3.05) is 6.54 Å². The minimum absolute atomic E-state index is 0.0125. The third kappa shape index (κ3) is 3.75. The third-order valence-corrected chi connectivity index (χ3v) is 5.62. The van der Waals surface area contributed by atoms with Crippen LogP contribution in [0.2, 0.25) is 0 Å². The van der Waals surface area contributed by atoms with E-state index in [1.807, 2.05) is 42.5 Å². The van der Waals surface area contributed by atoms with Crippen LogP contribution in [-0.4, -0.2) is 22.0 Å². The van der Waals surface area contributed by atoms with Crippen molar-refractivity contribution in [1.29, 1.82) is 0 Å². The molecule has 2 aromatic heterocycles. The average molecular weight is 377 g/mol. The van der Waals surface area contributed by atoms with Gasteiger partial charge in [-0.2, -0.15) is 0 Å². The molecule has 4 aromatic rings. The summed E-state index contributed by atoms with van der Waals surface area (Å²) in [5, 5.41) is 3.86. The minimum Gasteiger partial charge on any atom is -0.355 e. The number of hydrogen-bond donors (Lipinski definition) is 1. The normalized spacial score (nSPS) is 11.1. The van der Waals surface area contributed by atoms with Crippen LogP contribution in [-0.2, 0) is 17.8 Å². The number of hydrogen-bond acceptors (Lipinski definition) is 4. The van der Waals surface area contributed by atoms with Crippen molar-refractivity contribution in [2.24, 2.45) is 0 Å². The molecule has 0 fully saturated rings. The molecule has 0 atom stereocenters. The molecular weight excluding hydrogens is 358 g/mol. The fourth-order valence-corrected chi connectivity index (χ4v) is 4.21. The minimum atomic E-state index is -0.174. The standard InChI is InChI=1S/C21H19N3O2S/c25-18(22-12-6-9-15-7-2-1-3-8-15)13-24-14-23-19-16-10-4-5-11-17(16)27-20(19)21(24)26/h1-5,7-8,10-11,14H,6,9,12-13H2,(H,22,25). The van der Waals surface area contributed by atoms with Gasteiger partial charge in [0.1, 0.15) is 11.2 Å². The van der Waals surface area contributed by atoms with Crippen molar-refractivity contribution >= 4 is 37.5 Å². The van der Waals surface area contributed by atoms with E-state index < -0.39 is 0 Å². The first-order valence-corrected chi connectivity index (χ1v) is 9.71. The second-order valence-corrected chi connectivity index (χ2v) is 7.44. The molecule has 2 heterocycles. The van der Waals surface area contributed by atoms with Gasteiger partial charge in [0, 0.05) is 16.6 Å². The molecule has 0 saturated carbocycles. The van der Waals surface area contributed by atoms with Crippen LogP contribution >= 0.6 is 11.3 Å². The molecule has 0 aliphatic heterocycles. The highest BCUT2D eigenvalue weighted by molar-refractivity contribution is 7.25. The Morgan fingerprint density at radius 2 is 1.85 bits per heavy atom. The second kappa shape index (κ2) is 7.72. The molecule has 0 aliphatic carbocycles. The lowest BCUT2D eigenvalue weighted by Gasteiger charge is -2.07. The molecule has 0 unspecified atom stereocenters. The number of benzene rings is 2. The summed E-state index contributed by atoms with van der Waals surface area (Å²) in [4.78, 5) is 29.3. The van der Waals surface area contributed by atoms with Gasteiger partial charge in [-0.3, -0.25) is 14.2 Å². The van der Waals surface area contributed by atoms with Crippen LogP contribution in [0.3, 0.4) is 0 Å². The van der Waals surface area contributed by atoms with Crippen LogP contribution in [0.25, 0.3) is 20.3 Å². The van der Waals surface area contributed by atoms with Crippen LogP contribution in [0, 0.1) is 0 Å². The SMILES string of the molecule is O=C(Cn1cnc2c(sc3ccccc32)c1=O)NCCCc1ccccc1. The summed E-state index contributed by atoms with van der Waals surface area (Å²) in [6.07, 6.45) is 3.24. The predicted molar refractivity (Wildman–Crippen MR) is 109 cm³/mol. The van der Waals surface area contributed by atoms with Crippen LogP contribution in [0.5, 0.6) is 0 Å². The quantitative estimate of drug-likeness (QED) is 0.524. The molecule has 2 aromatic carbocycles. The largest absolute Gasteiger partial charge is 0.355 e. The highest BCUT2D eigenvalue weighted by atomic mass is 32.1. The van der Waals surface area contributed by atoms with E-state index in [9.17, 15) is 9.59 Å². The van der Waals surface area contributed by atoms with Crippen LogP contribution in [0.1, 0.15) is 12.0 Å². The van der Waals surface area contributed by atoms with Gasteiger partial charge in [0.2, 0.25) is 5.91 Å². The summed E-state index contributed by atoms with van der Waals surface area (Å²) in [5.74, 6) is -0.174. The van der Waals surface area contributed by atoms with Gasteiger partial charge >= 0.3 is 0 Å². The number of fused-ring (bicyclic) bond motifs is 3. The van der Waals surface area contributed by atoms with Gasteiger partial charge in [0.25, 0.3) is 5.56 Å². The fourth-order valence-electron chi connectivity index (χ4n) is 3.10. The molecule has 0 aliphatic rings. The lowest BCUT2D eigenvalue weighted by atomic mass is 10.1. The number of carbonyl (C=O) groups excluding carboxylic acids is 1. The third-order valence-electron chi connectivity index (χ3n) is 4.47. The van der Waals surface area contributed by atoms with Crippen molar-refractivity contribution in [1.82, 2.24) is 14.9 Å². The molecule has 136 valence electrons. The zero-order valence-electron chi connectivity index (χ0n) is 14.7. The molecule has 0 spiro atoms. The van der Waals surface area contributed by atoms with E-state index in [1.165, 1.54) is 27.8 Å². The van der Waals surface area contributed by atoms with E-state index in [2.05, 4.69) is 22.4 Å². The Bertz CT molecular complexity index is 1150. The van der Waals surface area contributed by atoms with Crippen molar-refractivity contribution < 1.29 is 4.79 Å².